The lowest BCUT2D eigenvalue weighted by Crippen LogP contribution is -2.30. The summed E-state index contributed by atoms with van der Waals surface area (Å²) >= 11 is 0. The van der Waals surface area contributed by atoms with E-state index < -0.39 is 5.97 Å². The lowest BCUT2D eigenvalue weighted by atomic mass is 10.1. The number of nitrogens with one attached hydrogen (secondary N) is 1. The quantitative estimate of drug-likeness (QED) is 0.771. The van der Waals surface area contributed by atoms with Crippen molar-refractivity contribution < 1.29 is 9.90 Å². The second kappa shape index (κ2) is 6.03. The summed E-state index contributed by atoms with van der Waals surface area (Å²) in [5.74, 6) is -0.682. The molecule has 0 bridgehead atoms. The Hall–Kier alpha value is -1.85. The number of nitrogens with zero attached hydrogens (tertiary/aromatic N) is 2. The zero-order chi connectivity index (χ0) is 12.8. The molecule has 1 aromatic heterocycles. The minimum Gasteiger partial charge on any atom is -0.481 e. The van der Waals surface area contributed by atoms with Crippen LogP contribution in [-0.2, 0) is 11.3 Å². The highest BCUT2D eigenvalue weighted by atomic mass is 16.4. The maximum Gasteiger partial charge on any atom is 0.305 e. The maximum absolute atomic E-state index is 11.8. The molecule has 0 amide bonds. The van der Waals surface area contributed by atoms with Gasteiger partial charge >= 0.3 is 5.97 Å². The average Bonchev–Trinajstić information content (AvgIpc) is 2.30. The van der Waals surface area contributed by atoms with Crippen LogP contribution in [0.15, 0.2) is 17.2 Å². The first-order chi connectivity index (χ1) is 8.08. The van der Waals surface area contributed by atoms with Crippen molar-refractivity contribution in [3.8, 4) is 0 Å². The van der Waals surface area contributed by atoms with Crippen LogP contribution in [0.5, 0.6) is 0 Å². The number of carbonyl (C=O) groups is 1. The molecule has 0 aromatic carbocycles. The topological polar surface area (TPSA) is 84.2 Å². The van der Waals surface area contributed by atoms with Gasteiger partial charge in [0.05, 0.1) is 6.42 Å². The molecule has 0 fully saturated rings. The largest absolute Gasteiger partial charge is 0.481 e. The smallest absolute Gasteiger partial charge is 0.305 e. The Morgan fingerprint density at radius 1 is 1.59 bits per heavy atom. The van der Waals surface area contributed by atoms with Crippen molar-refractivity contribution in [3.05, 3.63) is 22.7 Å². The fourth-order valence-corrected chi connectivity index (χ4v) is 1.50. The number of aryl methyl sites for hydroxylation is 1. The van der Waals surface area contributed by atoms with Gasteiger partial charge in [0.1, 0.15) is 0 Å². The number of carboxylic acids is 1. The third-order valence-corrected chi connectivity index (χ3v) is 2.51. The van der Waals surface area contributed by atoms with E-state index in [1.165, 1.54) is 10.8 Å². The van der Waals surface area contributed by atoms with Crippen LogP contribution >= 0.6 is 0 Å². The van der Waals surface area contributed by atoms with Gasteiger partial charge in [-0.15, -0.1) is 0 Å². The molecule has 1 atom stereocenters. The van der Waals surface area contributed by atoms with Gasteiger partial charge in [-0.1, -0.05) is 6.92 Å². The molecule has 0 saturated carbocycles. The predicted octanol–water partition coefficient (Wildman–Crippen LogP) is 0.928. The third-order valence-electron chi connectivity index (χ3n) is 2.51. The van der Waals surface area contributed by atoms with Gasteiger partial charge in [-0.25, -0.2) is 4.98 Å². The highest BCUT2D eigenvalue weighted by Gasteiger charge is 2.13. The van der Waals surface area contributed by atoms with E-state index in [1.54, 1.807) is 6.20 Å². The molecule has 0 aliphatic heterocycles. The van der Waals surface area contributed by atoms with Crippen molar-refractivity contribution in [1.82, 2.24) is 9.55 Å². The summed E-state index contributed by atoms with van der Waals surface area (Å²) in [6.45, 7) is 4.29. The number of aliphatic carboxylic acids is 1. The molecule has 2 N–H and O–H groups in total. The second-order valence-electron chi connectivity index (χ2n) is 3.71. The van der Waals surface area contributed by atoms with E-state index in [2.05, 4.69) is 10.3 Å². The van der Waals surface area contributed by atoms with E-state index in [0.29, 0.717) is 13.0 Å². The molecule has 6 heteroatoms. The van der Waals surface area contributed by atoms with Crippen molar-refractivity contribution >= 4 is 11.8 Å². The molecular formula is C11H17N3O3. The van der Waals surface area contributed by atoms with E-state index in [-0.39, 0.29) is 23.8 Å². The first-order valence-corrected chi connectivity index (χ1v) is 5.62. The van der Waals surface area contributed by atoms with E-state index in [1.807, 2.05) is 13.8 Å². The molecule has 17 heavy (non-hydrogen) atoms. The van der Waals surface area contributed by atoms with Gasteiger partial charge in [0.25, 0.3) is 5.56 Å². The predicted molar refractivity (Wildman–Crippen MR) is 64.1 cm³/mol. The Bertz CT molecular complexity index is 442. The van der Waals surface area contributed by atoms with Gasteiger partial charge in [0.2, 0.25) is 0 Å². The van der Waals surface area contributed by atoms with Gasteiger partial charge in [-0.2, -0.15) is 0 Å². The highest BCUT2D eigenvalue weighted by molar-refractivity contribution is 5.68. The normalized spacial score (nSPS) is 12.1. The third kappa shape index (κ3) is 3.58. The molecule has 0 radical (unpaired) electrons. The summed E-state index contributed by atoms with van der Waals surface area (Å²) in [5.41, 5.74) is -0.223. The average molecular weight is 239 g/mol. The van der Waals surface area contributed by atoms with E-state index in [9.17, 15) is 9.59 Å². The Morgan fingerprint density at radius 2 is 2.29 bits per heavy atom. The fourth-order valence-electron chi connectivity index (χ4n) is 1.50. The van der Waals surface area contributed by atoms with Crippen LogP contribution in [-0.4, -0.2) is 26.7 Å². The molecule has 6 nitrogen and oxygen atoms in total. The Labute approximate surface area is 99.3 Å². The molecule has 1 heterocycles. The minimum atomic E-state index is -0.893. The van der Waals surface area contributed by atoms with Crippen molar-refractivity contribution in [1.29, 1.82) is 0 Å². The summed E-state index contributed by atoms with van der Waals surface area (Å²) in [6.07, 6.45) is 3.72. The minimum absolute atomic E-state index is 0.0291. The van der Waals surface area contributed by atoms with E-state index >= 15 is 0 Å². The number of rotatable bonds is 6. The summed E-state index contributed by atoms with van der Waals surface area (Å²) in [6, 6.07) is -0.277. The van der Waals surface area contributed by atoms with Crippen LogP contribution in [0.25, 0.3) is 0 Å². The molecule has 1 rings (SSSR count). The number of carboxylic acid groups (broad SMARTS) is 1. The molecule has 1 unspecified atom stereocenters. The summed E-state index contributed by atoms with van der Waals surface area (Å²) < 4.78 is 1.52. The second-order valence-corrected chi connectivity index (χ2v) is 3.71. The highest BCUT2D eigenvalue weighted by Crippen LogP contribution is 2.04. The number of anilines is 1. The Morgan fingerprint density at radius 3 is 2.82 bits per heavy atom. The molecule has 0 spiro atoms. The SMILES string of the molecule is CCC(CC(=O)O)Nc1nccn(CC)c1=O. The molecule has 0 saturated heterocycles. The first-order valence-electron chi connectivity index (χ1n) is 5.62. The standard InChI is InChI=1S/C11H17N3O3/c1-3-8(7-9(15)16)13-10-11(17)14(4-2)6-5-12-10/h5-6,8H,3-4,7H2,1-2H3,(H,12,13)(H,15,16). The fraction of sp³-hybridized carbons (Fsp3) is 0.545. The molecular weight excluding hydrogens is 222 g/mol. The van der Waals surface area contributed by atoms with E-state index in [4.69, 9.17) is 5.11 Å². The first kappa shape index (κ1) is 13.2. The summed E-state index contributed by atoms with van der Waals surface area (Å²) in [5, 5.41) is 11.6. The van der Waals surface area contributed by atoms with Crippen molar-refractivity contribution in [2.45, 2.75) is 39.3 Å². The van der Waals surface area contributed by atoms with Gasteiger partial charge in [0.15, 0.2) is 5.82 Å². The number of aromatic nitrogens is 2. The Kier molecular flexibility index (Phi) is 4.68. The molecule has 0 aliphatic carbocycles. The molecule has 94 valence electrons. The van der Waals surface area contributed by atoms with Crippen molar-refractivity contribution in [2.24, 2.45) is 0 Å². The number of hydrogen-bond acceptors (Lipinski definition) is 4. The monoisotopic (exact) mass is 239 g/mol. The van der Waals surface area contributed by atoms with Crippen LogP contribution in [0.4, 0.5) is 5.82 Å². The van der Waals surface area contributed by atoms with Gasteiger partial charge in [0, 0.05) is 25.0 Å². The lowest BCUT2D eigenvalue weighted by molar-refractivity contribution is -0.137. The van der Waals surface area contributed by atoms with Crippen molar-refractivity contribution in [3.63, 3.8) is 0 Å². The van der Waals surface area contributed by atoms with Crippen LogP contribution in [0.1, 0.15) is 26.7 Å². The zero-order valence-corrected chi connectivity index (χ0v) is 10.0. The summed E-state index contributed by atoms with van der Waals surface area (Å²) in [4.78, 5) is 26.4. The molecule has 1 aromatic rings. The van der Waals surface area contributed by atoms with Crippen LogP contribution in [0, 0.1) is 0 Å². The van der Waals surface area contributed by atoms with Crippen LogP contribution in [0.2, 0.25) is 0 Å². The number of hydrogen-bond donors (Lipinski definition) is 2. The van der Waals surface area contributed by atoms with Crippen molar-refractivity contribution in [2.75, 3.05) is 5.32 Å². The van der Waals surface area contributed by atoms with Crippen LogP contribution in [0.3, 0.4) is 0 Å². The maximum atomic E-state index is 11.8. The zero-order valence-electron chi connectivity index (χ0n) is 10.0. The van der Waals surface area contributed by atoms with Gasteiger partial charge in [-0.05, 0) is 13.3 Å². The van der Waals surface area contributed by atoms with E-state index in [0.717, 1.165) is 0 Å². The Balaban J connectivity index is 2.86. The molecule has 0 aliphatic rings. The van der Waals surface area contributed by atoms with Crippen LogP contribution < -0.4 is 10.9 Å². The summed E-state index contributed by atoms with van der Waals surface area (Å²) in [7, 11) is 0. The lowest BCUT2D eigenvalue weighted by Gasteiger charge is -2.15. The van der Waals surface area contributed by atoms with Gasteiger partial charge < -0.3 is 15.0 Å². The van der Waals surface area contributed by atoms with Gasteiger partial charge in [-0.3, -0.25) is 9.59 Å².